The molecule has 3 rings (SSSR count). The lowest BCUT2D eigenvalue weighted by Crippen LogP contribution is -2.58. The van der Waals surface area contributed by atoms with Crippen LogP contribution in [0.3, 0.4) is 0 Å². The molecule has 0 N–H and O–H groups in total. The minimum Gasteiger partial charge on any atom is -0.347 e. The first-order valence-electron chi connectivity index (χ1n) is 8.06. The van der Waals surface area contributed by atoms with E-state index in [1.165, 1.54) is 0 Å². The van der Waals surface area contributed by atoms with Crippen LogP contribution in [0.15, 0.2) is 30.3 Å². The molecule has 0 aromatic heterocycles. The largest absolute Gasteiger partial charge is 0.347 e. The Morgan fingerprint density at radius 1 is 1.04 bits per heavy atom. The summed E-state index contributed by atoms with van der Waals surface area (Å²) in [5, 5.41) is 20.0. The maximum atomic E-state index is 9.98. The first kappa shape index (κ1) is 16.0. The molecule has 2 fully saturated rings. The highest BCUT2D eigenvalue weighted by molar-refractivity contribution is 5.38. The van der Waals surface area contributed by atoms with Crippen molar-refractivity contribution in [2.75, 3.05) is 13.2 Å². The fourth-order valence-corrected chi connectivity index (χ4v) is 3.93. The van der Waals surface area contributed by atoms with Crippen LogP contribution in [-0.2, 0) is 9.47 Å². The molecule has 1 saturated heterocycles. The summed E-state index contributed by atoms with van der Waals surface area (Å²) >= 11 is 0. The summed E-state index contributed by atoms with van der Waals surface area (Å²) in [7, 11) is 0. The standard InChI is InChI=1S/C19H22N2O2/c1-14-9-16(15-7-5-4-6-8-15)18(10-20,11-21)19(14)22-12-17(2,3)13-23-19/h4-8,14,16H,9,12-13H2,1-3H3/t14-,16?/m1/s1. The lowest BCUT2D eigenvalue weighted by atomic mass is 9.72. The number of hydrogen-bond donors (Lipinski definition) is 0. The molecule has 1 heterocycles. The fourth-order valence-electron chi connectivity index (χ4n) is 3.93. The van der Waals surface area contributed by atoms with Gasteiger partial charge in [-0.25, -0.2) is 0 Å². The second kappa shape index (κ2) is 5.34. The van der Waals surface area contributed by atoms with Crippen LogP contribution in [0.25, 0.3) is 0 Å². The summed E-state index contributed by atoms with van der Waals surface area (Å²) < 4.78 is 12.3. The van der Waals surface area contributed by atoms with Gasteiger partial charge in [-0.05, 0) is 12.0 Å². The van der Waals surface area contributed by atoms with Crippen molar-refractivity contribution in [2.24, 2.45) is 16.7 Å². The average molecular weight is 310 g/mol. The van der Waals surface area contributed by atoms with Crippen LogP contribution in [0.2, 0.25) is 0 Å². The number of nitrogens with zero attached hydrogens (tertiary/aromatic N) is 2. The summed E-state index contributed by atoms with van der Waals surface area (Å²) in [6.45, 7) is 7.13. The van der Waals surface area contributed by atoms with Crippen LogP contribution in [-0.4, -0.2) is 19.0 Å². The first-order chi connectivity index (χ1) is 10.9. The van der Waals surface area contributed by atoms with E-state index in [0.29, 0.717) is 19.6 Å². The monoisotopic (exact) mass is 310 g/mol. The number of rotatable bonds is 1. The molecule has 120 valence electrons. The first-order valence-corrected chi connectivity index (χ1v) is 8.06. The van der Waals surface area contributed by atoms with Gasteiger partial charge in [0.2, 0.25) is 11.2 Å². The van der Waals surface area contributed by atoms with E-state index in [4.69, 9.17) is 9.47 Å². The Labute approximate surface area is 137 Å². The molecule has 1 aromatic rings. The van der Waals surface area contributed by atoms with Crippen LogP contribution in [0.5, 0.6) is 0 Å². The van der Waals surface area contributed by atoms with Gasteiger partial charge in [-0.2, -0.15) is 10.5 Å². The predicted molar refractivity (Wildman–Crippen MR) is 85.0 cm³/mol. The van der Waals surface area contributed by atoms with Gasteiger partial charge in [0.15, 0.2) is 0 Å². The molecule has 1 aliphatic carbocycles. The zero-order valence-corrected chi connectivity index (χ0v) is 13.9. The Hall–Kier alpha value is -1.88. The Balaban J connectivity index is 2.08. The highest BCUT2D eigenvalue weighted by atomic mass is 16.7. The van der Waals surface area contributed by atoms with E-state index < -0.39 is 11.2 Å². The molecule has 4 heteroatoms. The SMILES string of the molecule is C[C@@H]1CC(c2ccccc2)C(C#N)(C#N)C12OCC(C)(C)CO2. The smallest absolute Gasteiger partial charge is 0.203 e. The van der Waals surface area contributed by atoms with Gasteiger partial charge in [0.25, 0.3) is 0 Å². The lowest BCUT2D eigenvalue weighted by molar-refractivity contribution is -0.336. The van der Waals surface area contributed by atoms with Gasteiger partial charge in [-0.1, -0.05) is 51.1 Å². The van der Waals surface area contributed by atoms with Gasteiger partial charge in [0, 0.05) is 17.3 Å². The minimum absolute atomic E-state index is 0.0249. The molecule has 1 spiro atoms. The fraction of sp³-hybridized carbons (Fsp3) is 0.579. The van der Waals surface area contributed by atoms with E-state index in [9.17, 15) is 10.5 Å². The van der Waals surface area contributed by atoms with Gasteiger partial charge >= 0.3 is 0 Å². The van der Waals surface area contributed by atoms with Crippen molar-refractivity contribution < 1.29 is 9.47 Å². The third-order valence-electron chi connectivity index (χ3n) is 5.22. The van der Waals surface area contributed by atoms with Gasteiger partial charge in [0.1, 0.15) is 0 Å². The molecule has 23 heavy (non-hydrogen) atoms. The van der Waals surface area contributed by atoms with Gasteiger partial charge in [-0.15, -0.1) is 0 Å². The van der Waals surface area contributed by atoms with Crippen LogP contribution in [0, 0.1) is 39.4 Å². The number of benzene rings is 1. The second-order valence-electron chi connectivity index (χ2n) is 7.54. The molecular formula is C19H22N2O2. The quantitative estimate of drug-likeness (QED) is 0.794. The van der Waals surface area contributed by atoms with Crippen molar-refractivity contribution in [2.45, 2.75) is 38.9 Å². The number of nitriles is 2. The van der Waals surface area contributed by atoms with Crippen molar-refractivity contribution in [1.29, 1.82) is 10.5 Å². The zero-order valence-electron chi connectivity index (χ0n) is 13.9. The van der Waals surface area contributed by atoms with Crippen LogP contribution in [0.1, 0.15) is 38.7 Å². The van der Waals surface area contributed by atoms with Crippen molar-refractivity contribution >= 4 is 0 Å². The number of hydrogen-bond acceptors (Lipinski definition) is 4. The van der Waals surface area contributed by atoms with E-state index in [0.717, 1.165) is 5.56 Å². The van der Waals surface area contributed by atoms with Crippen molar-refractivity contribution in [3.05, 3.63) is 35.9 Å². The molecule has 1 aromatic carbocycles. The topological polar surface area (TPSA) is 66.0 Å². The van der Waals surface area contributed by atoms with E-state index >= 15 is 0 Å². The van der Waals surface area contributed by atoms with Crippen LogP contribution < -0.4 is 0 Å². The molecule has 1 saturated carbocycles. The Bertz CT molecular complexity index is 645. The van der Waals surface area contributed by atoms with E-state index in [-0.39, 0.29) is 17.3 Å². The molecule has 2 atom stereocenters. The molecule has 2 aliphatic rings. The Morgan fingerprint density at radius 2 is 1.61 bits per heavy atom. The lowest BCUT2D eigenvalue weighted by Gasteiger charge is -2.48. The summed E-state index contributed by atoms with van der Waals surface area (Å²) in [5.41, 5.74) is -0.437. The van der Waals surface area contributed by atoms with E-state index in [1.807, 2.05) is 37.3 Å². The normalized spacial score (nSPS) is 30.5. The van der Waals surface area contributed by atoms with Crippen LogP contribution >= 0.6 is 0 Å². The molecule has 0 bridgehead atoms. The maximum absolute atomic E-state index is 9.98. The van der Waals surface area contributed by atoms with Gasteiger partial charge < -0.3 is 9.47 Å². The molecule has 4 nitrogen and oxygen atoms in total. The van der Waals surface area contributed by atoms with Gasteiger partial charge in [0.05, 0.1) is 25.4 Å². The van der Waals surface area contributed by atoms with Crippen LogP contribution in [0.4, 0.5) is 0 Å². The summed E-state index contributed by atoms with van der Waals surface area (Å²) in [5.74, 6) is -1.38. The highest BCUT2D eigenvalue weighted by Crippen LogP contribution is 2.61. The molecule has 0 radical (unpaired) electrons. The molecule has 1 aliphatic heterocycles. The zero-order chi connectivity index (χ0) is 16.7. The molecule has 0 amide bonds. The minimum atomic E-state index is -1.33. The maximum Gasteiger partial charge on any atom is 0.203 e. The summed E-state index contributed by atoms with van der Waals surface area (Å²) in [4.78, 5) is 0. The van der Waals surface area contributed by atoms with Gasteiger partial charge in [-0.3, -0.25) is 0 Å². The Kier molecular flexibility index (Phi) is 3.71. The third kappa shape index (κ3) is 2.17. The molecule has 1 unspecified atom stereocenters. The third-order valence-corrected chi connectivity index (χ3v) is 5.22. The van der Waals surface area contributed by atoms with E-state index in [2.05, 4.69) is 26.0 Å². The molecular weight excluding hydrogens is 288 g/mol. The van der Waals surface area contributed by atoms with E-state index in [1.54, 1.807) is 0 Å². The second-order valence-corrected chi connectivity index (χ2v) is 7.54. The number of ether oxygens (including phenoxy) is 2. The van der Waals surface area contributed by atoms with Crippen molar-refractivity contribution in [3.63, 3.8) is 0 Å². The Morgan fingerprint density at radius 3 is 2.13 bits per heavy atom. The predicted octanol–water partition coefficient (Wildman–Crippen LogP) is 3.61. The van der Waals surface area contributed by atoms with Crippen molar-refractivity contribution in [3.8, 4) is 12.1 Å². The average Bonchev–Trinajstić information content (AvgIpc) is 2.80. The summed E-state index contributed by atoms with van der Waals surface area (Å²) in [6.07, 6.45) is 0.700. The van der Waals surface area contributed by atoms with Crippen molar-refractivity contribution in [1.82, 2.24) is 0 Å². The summed E-state index contributed by atoms with van der Waals surface area (Å²) in [6, 6.07) is 14.3. The highest BCUT2D eigenvalue weighted by Gasteiger charge is 2.69.